The second-order valence-corrected chi connectivity index (χ2v) is 5.95. The van der Waals surface area contributed by atoms with E-state index in [0.717, 1.165) is 23.4 Å². The third-order valence-corrected chi connectivity index (χ3v) is 4.01. The van der Waals surface area contributed by atoms with Crippen LogP contribution in [0.3, 0.4) is 0 Å². The van der Waals surface area contributed by atoms with Crippen molar-refractivity contribution >= 4 is 34.8 Å². The van der Waals surface area contributed by atoms with Gasteiger partial charge in [-0.3, -0.25) is 4.79 Å². The molecule has 1 saturated heterocycles. The summed E-state index contributed by atoms with van der Waals surface area (Å²) in [5.74, 6) is 0.545. The van der Waals surface area contributed by atoms with Gasteiger partial charge < -0.3 is 14.8 Å². The number of epoxide rings is 1. The lowest BCUT2D eigenvalue weighted by atomic mass is 10.0. The van der Waals surface area contributed by atoms with E-state index >= 15 is 0 Å². The number of hydrogen-bond acceptors (Lipinski definition) is 3. The molecule has 0 aromatic heterocycles. The van der Waals surface area contributed by atoms with E-state index in [-0.39, 0.29) is 12.0 Å². The predicted molar refractivity (Wildman–Crippen MR) is 89.6 cm³/mol. The first kappa shape index (κ1) is 14.3. The Balaban J connectivity index is 1.73. The highest BCUT2D eigenvalue weighted by atomic mass is 35.5. The Labute approximate surface area is 138 Å². The summed E-state index contributed by atoms with van der Waals surface area (Å²) in [6.07, 6.45) is 1.99. The molecule has 23 heavy (non-hydrogen) atoms. The molecule has 2 aliphatic heterocycles. The van der Waals surface area contributed by atoms with Crippen molar-refractivity contribution in [1.82, 2.24) is 0 Å². The minimum absolute atomic E-state index is 0.140. The molecule has 4 nitrogen and oxygen atoms in total. The highest BCUT2D eigenvalue weighted by molar-refractivity contribution is 6.36. The summed E-state index contributed by atoms with van der Waals surface area (Å²) >= 11 is 6.02. The van der Waals surface area contributed by atoms with Gasteiger partial charge >= 0.3 is 0 Å². The Morgan fingerprint density at radius 2 is 2.13 bits per heavy atom. The highest BCUT2D eigenvalue weighted by Crippen LogP contribution is 2.40. The summed E-state index contributed by atoms with van der Waals surface area (Å²) in [6.45, 7) is 1.23. The van der Waals surface area contributed by atoms with Crippen molar-refractivity contribution in [2.45, 2.75) is 6.10 Å². The van der Waals surface area contributed by atoms with Crippen LogP contribution in [0.5, 0.6) is 5.75 Å². The van der Waals surface area contributed by atoms with Crippen LogP contribution in [0.25, 0.3) is 11.6 Å². The van der Waals surface area contributed by atoms with Crippen LogP contribution in [0, 0.1) is 0 Å². The number of hydrogen-bond donors (Lipinski definition) is 1. The zero-order valence-corrected chi connectivity index (χ0v) is 13.0. The summed E-state index contributed by atoms with van der Waals surface area (Å²) in [7, 11) is 0. The maximum Gasteiger partial charge on any atom is 0.256 e. The molecule has 0 bridgehead atoms. The second-order valence-electron chi connectivity index (χ2n) is 5.51. The summed E-state index contributed by atoms with van der Waals surface area (Å²) in [6, 6.07) is 13.0. The van der Waals surface area contributed by atoms with Gasteiger partial charge in [0, 0.05) is 5.02 Å². The minimum Gasteiger partial charge on any atom is -0.490 e. The third-order valence-electron chi connectivity index (χ3n) is 3.78. The van der Waals surface area contributed by atoms with E-state index in [0.29, 0.717) is 23.0 Å². The molecular formula is C18H14ClNO3. The topological polar surface area (TPSA) is 50.9 Å². The monoisotopic (exact) mass is 327 g/mol. The molecule has 1 unspecified atom stereocenters. The van der Waals surface area contributed by atoms with Gasteiger partial charge in [-0.15, -0.1) is 0 Å². The van der Waals surface area contributed by atoms with Crippen LogP contribution in [-0.2, 0) is 9.53 Å². The first-order valence-electron chi connectivity index (χ1n) is 7.37. The van der Waals surface area contributed by atoms with Crippen molar-refractivity contribution in [3.63, 3.8) is 0 Å². The molecule has 1 N–H and O–H groups in total. The molecule has 2 aromatic carbocycles. The third kappa shape index (κ3) is 2.96. The van der Waals surface area contributed by atoms with Crippen molar-refractivity contribution < 1.29 is 14.3 Å². The number of ether oxygens (including phenoxy) is 2. The van der Waals surface area contributed by atoms with E-state index in [1.54, 1.807) is 6.07 Å². The zero-order valence-electron chi connectivity index (χ0n) is 12.2. The number of amides is 1. The Morgan fingerprint density at radius 1 is 1.30 bits per heavy atom. The Hall–Kier alpha value is -2.30. The summed E-state index contributed by atoms with van der Waals surface area (Å²) < 4.78 is 11.0. The zero-order chi connectivity index (χ0) is 15.8. The Kier molecular flexibility index (Phi) is 3.56. The van der Waals surface area contributed by atoms with E-state index in [4.69, 9.17) is 21.1 Å². The fourth-order valence-corrected chi connectivity index (χ4v) is 2.78. The lowest BCUT2D eigenvalue weighted by Crippen LogP contribution is -2.05. The fourth-order valence-electron chi connectivity index (χ4n) is 2.58. The molecule has 0 saturated carbocycles. The first-order chi connectivity index (χ1) is 11.2. The molecule has 2 heterocycles. The summed E-state index contributed by atoms with van der Waals surface area (Å²) in [5, 5.41) is 3.51. The SMILES string of the molecule is O=C1Nc2cccc(OCC3CO3)c2C1=Cc1cccc(Cl)c1. The van der Waals surface area contributed by atoms with E-state index < -0.39 is 0 Å². The molecule has 1 atom stereocenters. The van der Waals surface area contributed by atoms with Crippen LogP contribution >= 0.6 is 11.6 Å². The Morgan fingerprint density at radius 3 is 2.91 bits per heavy atom. The number of benzene rings is 2. The molecule has 5 heteroatoms. The van der Waals surface area contributed by atoms with E-state index in [1.165, 1.54) is 0 Å². The van der Waals surface area contributed by atoms with Gasteiger partial charge in [-0.2, -0.15) is 0 Å². The van der Waals surface area contributed by atoms with Gasteiger partial charge in [0.1, 0.15) is 18.5 Å². The molecule has 0 radical (unpaired) electrons. The number of carbonyl (C=O) groups excluding carboxylic acids is 1. The Bertz CT molecular complexity index is 812. The largest absolute Gasteiger partial charge is 0.490 e. The molecule has 0 spiro atoms. The van der Waals surface area contributed by atoms with Crippen molar-refractivity contribution in [2.24, 2.45) is 0 Å². The van der Waals surface area contributed by atoms with Crippen molar-refractivity contribution in [2.75, 3.05) is 18.5 Å². The van der Waals surface area contributed by atoms with Gasteiger partial charge in [-0.1, -0.05) is 29.8 Å². The number of halogens is 1. The quantitative estimate of drug-likeness (QED) is 0.689. The summed E-state index contributed by atoms with van der Waals surface area (Å²) in [5.41, 5.74) is 3.00. The number of anilines is 1. The van der Waals surface area contributed by atoms with Gasteiger partial charge in [-0.25, -0.2) is 0 Å². The molecule has 1 fully saturated rings. The van der Waals surface area contributed by atoms with E-state index in [1.807, 2.05) is 42.5 Å². The van der Waals surface area contributed by atoms with Gasteiger partial charge in [-0.05, 0) is 35.9 Å². The van der Waals surface area contributed by atoms with Gasteiger partial charge in [0.05, 0.1) is 23.4 Å². The number of rotatable bonds is 4. The maximum absolute atomic E-state index is 12.3. The second kappa shape index (κ2) is 5.72. The number of fused-ring (bicyclic) bond motifs is 1. The van der Waals surface area contributed by atoms with Crippen LogP contribution in [0.1, 0.15) is 11.1 Å². The van der Waals surface area contributed by atoms with Gasteiger partial charge in [0.2, 0.25) is 0 Å². The maximum atomic E-state index is 12.3. The van der Waals surface area contributed by atoms with Crippen molar-refractivity contribution in [3.05, 3.63) is 58.6 Å². The molecule has 116 valence electrons. The average Bonchev–Trinajstić information content (AvgIpc) is 3.30. The standard InChI is InChI=1S/C18H14ClNO3/c19-12-4-1-3-11(7-12)8-14-17-15(20-18(14)21)5-2-6-16(17)23-10-13-9-22-13/h1-8,13H,9-10H2,(H,20,21). The average molecular weight is 328 g/mol. The van der Waals surface area contributed by atoms with Crippen LogP contribution < -0.4 is 10.1 Å². The smallest absolute Gasteiger partial charge is 0.256 e. The number of carbonyl (C=O) groups is 1. The van der Waals surface area contributed by atoms with Crippen LogP contribution in [0.4, 0.5) is 5.69 Å². The van der Waals surface area contributed by atoms with Crippen molar-refractivity contribution in [1.29, 1.82) is 0 Å². The van der Waals surface area contributed by atoms with Crippen LogP contribution in [0.2, 0.25) is 5.02 Å². The predicted octanol–water partition coefficient (Wildman–Crippen LogP) is 3.61. The minimum atomic E-state index is -0.140. The van der Waals surface area contributed by atoms with Gasteiger partial charge in [0.25, 0.3) is 5.91 Å². The highest BCUT2D eigenvalue weighted by Gasteiger charge is 2.29. The molecule has 0 aliphatic carbocycles. The lowest BCUT2D eigenvalue weighted by molar-refractivity contribution is -0.110. The normalized spacial score (nSPS) is 20.3. The van der Waals surface area contributed by atoms with Crippen molar-refractivity contribution in [3.8, 4) is 5.75 Å². The molecule has 4 rings (SSSR count). The van der Waals surface area contributed by atoms with E-state index in [9.17, 15) is 4.79 Å². The fraction of sp³-hybridized carbons (Fsp3) is 0.167. The molecule has 2 aliphatic rings. The van der Waals surface area contributed by atoms with Gasteiger partial charge in [0.15, 0.2) is 0 Å². The molecule has 2 aromatic rings. The molecular weight excluding hydrogens is 314 g/mol. The van der Waals surface area contributed by atoms with Crippen LogP contribution in [-0.4, -0.2) is 25.2 Å². The lowest BCUT2D eigenvalue weighted by Gasteiger charge is -2.09. The summed E-state index contributed by atoms with van der Waals surface area (Å²) in [4.78, 5) is 12.3. The number of nitrogens with one attached hydrogen (secondary N) is 1. The first-order valence-corrected chi connectivity index (χ1v) is 7.75. The molecule has 1 amide bonds. The van der Waals surface area contributed by atoms with Crippen LogP contribution in [0.15, 0.2) is 42.5 Å². The van der Waals surface area contributed by atoms with E-state index in [2.05, 4.69) is 5.32 Å².